The average Bonchev–Trinajstić information content (AvgIpc) is 2.86. The molecule has 1 aromatic carbocycles. The number of anilines is 1. The maximum Gasteiger partial charge on any atom is 0.255 e. The fourth-order valence-electron chi connectivity index (χ4n) is 1.83. The van der Waals surface area contributed by atoms with Crippen molar-refractivity contribution in [2.45, 2.75) is 0 Å². The lowest BCUT2D eigenvalue weighted by Gasteiger charge is -2.06. The van der Waals surface area contributed by atoms with Gasteiger partial charge in [0.05, 0.1) is 5.52 Å². The highest BCUT2D eigenvalue weighted by atomic mass is 35.5. The van der Waals surface area contributed by atoms with Crippen LogP contribution in [0, 0.1) is 0 Å². The van der Waals surface area contributed by atoms with Gasteiger partial charge in [0.15, 0.2) is 0 Å². The lowest BCUT2D eigenvalue weighted by Crippen LogP contribution is -2.11. The standard InChI is InChI=1S/C14H10ClN3O/c15-11-3-1-2-10(8-11)14(19)17-12-5-7-18-13(9-12)4-6-16-18/h1-9H,(H,17,19). The molecule has 0 bridgehead atoms. The highest BCUT2D eigenvalue weighted by Gasteiger charge is 2.06. The fraction of sp³-hybridized carbons (Fsp3) is 0. The van der Waals surface area contributed by atoms with E-state index in [1.165, 1.54) is 0 Å². The Morgan fingerprint density at radius 1 is 1.21 bits per heavy atom. The van der Waals surface area contributed by atoms with Gasteiger partial charge in [0.2, 0.25) is 0 Å². The molecule has 2 heterocycles. The summed E-state index contributed by atoms with van der Waals surface area (Å²) in [5.41, 5.74) is 2.17. The minimum absolute atomic E-state index is 0.189. The van der Waals surface area contributed by atoms with Crippen molar-refractivity contribution in [1.82, 2.24) is 9.61 Å². The van der Waals surface area contributed by atoms with Crippen LogP contribution in [0.5, 0.6) is 0 Å². The molecule has 0 aliphatic carbocycles. The number of nitrogens with one attached hydrogen (secondary N) is 1. The SMILES string of the molecule is O=C(Nc1ccn2nccc2c1)c1cccc(Cl)c1. The van der Waals surface area contributed by atoms with Crippen molar-refractivity contribution in [1.29, 1.82) is 0 Å². The summed E-state index contributed by atoms with van der Waals surface area (Å²) in [7, 11) is 0. The van der Waals surface area contributed by atoms with Crippen LogP contribution >= 0.6 is 11.6 Å². The Morgan fingerprint density at radius 3 is 2.95 bits per heavy atom. The number of rotatable bonds is 2. The van der Waals surface area contributed by atoms with Crippen molar-refractivity contribution in [3.05, 3.63) is 65.4 Å². The van der Waals surface area contributed by atoms with Crippen molar-refractivity contribution in [3.8, 4) is 0 Å². The lowest BCUT2D eigenvalue weighted by atomic mass is 10.2. The molecule has 0 unspecified atom stereocenters. The summed E-state index contributed by atoms with van der Waals surface area (Å²) in [5.74, 6) is -0.189. The van der Waals surface area contributed by atoms with Crippen LogP contribution in [0.1, 0.15) is 10.4 Å². The van der Waals surface area contributed by atoms with Gasteiger partial charge in [0, 0.05) is 28.7 Å². The number of amides is 1. The molecule has 5 heteroatoms. The number of fused-ring (bicyclic) bond motifs is 1. The zero-order valence-corrected chi connectivity index (χ0v) is 10.6. The van der Waals surface area contributed by atoms with Crippen molar-refractivity contribution < 1.29 is 4.79 Å². The van der Waals surface area contributed by atoms with E-state index in [0.717, 1.165) is 11.2 Å². The average molecular weight is 272 g/mol. The molecule has 1 N–H and O–H groups in total. The molecule has 0 saturated heterocycles. The third kappa shape index (κ3) is 2.44. The molecule has 3 rings (SSSR count). The zero-order valence-electron chi connectivity index (χ0n) is 9.88. The molecule has 0 saturated carbocycles. The van der Waals surface area contributed by atoms with E-state index in [2.05, 4.69) is 10.4 Å². The van der Waals surface area contributed by atoms with Crippen molar-refractivity contribution in [2.75, 3.05) is 5.32 Å². The molecular weight excluding hydrogens is 262 g/mol. The Kier molecular flexibility index (Phi) is 2.93. The van der Waals surface area contributed by atoms with Crippen LogP contribution in [0.2, 0.25) is 5.02 Å². The Labute approximate surface area is 114 Å². The third-order valence-corrected chi connectivity index (χ3v) is 2.98. The first kappa shape index (κ1) is 11.7. The van der Waals surface area contributed by atoms with Crippen LogP contribution in [0.25, 0.3) is 5.52 Å². The van der Waals surface area contributed by atoms with Gasteiger partial charge in [-0.2, -0.15) is 5.10 Å². The van der Waals surface area contributed by atoms with E-state index < -0.39 is 0 Å². The number of hydrogen-bond donors (Lipinski definition) is 1. The monoisotopic (exact) mass is 271 g/mol. The molecule has 0 radical (unpaired) electrons. The van der Waals surface area contributed by atoms with Gasteiger partial charge in [0.25, 0.3) is 5.91 Å². The van der Waals surface area contributed by atoms with E-state index in [4.69, 9.17) is 11.6 Å². The number of carbonyl (C=O) groups excluding carboxylic acids is 1. The number of pyridine rings is 1. The van der Waals surface area contributed by atoms with Crippen LogP contribution in [-0.4, -0.2) is 15.5 Å². The second-order valence-corrected chi connectivity index (χ2v) is 4.52. The number of carbonyl (C=O) groups is 1. The van der Waals surface area contributed by atoms with Gasteiger partial charge in [-0.05, 0) is 36.4 Å². The summed E-state index contributed by atoms with van der Waals surface area (Å²) in [6.07, 6.45) is 3.50. The van der Waals surface area contributed by atoms with Crippen LogP contribution in [0.15, 0.2) is 54.9 Å². The summed E-state index contributed by atoms with van der Waals surface area (Å²) in [5, 5.41) is 7.46. The van der Waals surface area contributed by atoms with Gasteiger partial charge < -0.3 is 5.32 Å². The molecule has 0 atom stereocenters. The molecule has 0 aliphatic rings. The summed E-state index contributed by atoms with van der Waals surface area (Å²) < 4.78 is 1.73. The maximum atomic E-state index is 12.0. The lowest BCUT2D eigenvalue weighted by molar-refractivity contribution is 0.102. The summed E-state index contributed by atoms with van der Waals surface area (Å²) in [4.78, 5) is 12.0. The number of hydrogen-bond acceptors (Lipinski definition) is 2. The second-order valence-electron chi connectivity index (χ2n) is 4.08. The first-order valence-corrected chi connectivity index (χ1v) is 6.10. The van der Waals surface area contributed by atoms with Crippen molar-refractivity contribution >= 4 is 28.7 Å². The van der Waals surface area contributed by atoms with Crippen LogP contribution in [0.4, 0.5) is 5.69 Å². The van der Waals surface area contributed by atoms with Crippen LogP contribution < -0.4 is 5.32 Å². The topological polar surface area (TPSA) is 46.4 Å². The molecule has 4 nitrogen and oxygen atoms in total. The zero-order chi connectivity index (χ0) is 13.2. The molecule has 2 aromatic heterocycles. The molecule has 3 aromatic rings. The quantitative estimate of drug-likeness (QED) is 0.778. The van der Waals surface area contributed by atoms with E-state index in [9.17, 15) is 4.79 Å². The first-order chi connectivity index (χ1) is 9.22. The smallest absolute Gasteiger partial charge is 0.255 e. The Hall–Kier alpha value is -2.33. The molecule has 19 heavy (non-hydrogen) atoms. The van der Waals surface area contributed by atoms with E-state index in [0.29, 0.717) is 10.6 Å². The van der Waals surface area contributed by atoms with E-state index >= 15 is 0 Å². The maximum absolute atomic E-state index is 12.0. The third-order valence-electron chi connectivity index (χ3n) is 2.74. The summed E-state index contributed by atoms with van der Waals surface area (Å²) in [6, 6.07) is 12.4. The number of halogens is 1. The fourth-order valence-corrected chi connectivity index (χ4v) is 2.02. The molecular formula is C14H10ClN3O. The van der Waals surface area contributed by atoms with E-state index in [1.54, 1.807) is 47.2 Å². The summed E-state index contributed by atoms with van der Waals surface area (Å²) in [6.45, 7) is 0. The van der Waals surface area contributed by atoms with Crippen molar-refractivity contribution in [3.63, 3.8) is 0 Å². The first-order valence-electron chi connectivity index (χ1n) is 5.73. The molecule has 94 valence electrons. The minimum Gasteiger partial charge on any atom is -0.322 e. The number of aromatic nitrogens is 2. The largest absolute Gasteiger partial charge is 0.322 e. The van der Waals surface area contributed by atoms with Gasteiger partial charge in [-0.25, -0.2) is 4.52 Å². The van der Waals surface area contributed by atoms with Gasteiger partial charge in [-0.1, -0.05) is 17.7 Å². The summed E-state index contributed by atoms with van der Waals surface area (Å²) >= 11 is 5.86. The Morgan fingerprint density at radius 2 is 2.11 bits per heavy atom. The molecule has 0 spiro atoms. The number of benzene rings is 1. The Balaban J connectivity index is 1.86. The van der Waals surface area contributed by atoms with Gasteiger partial charge in [-0.3, -0.25) is 4.79 Å². The van der Waals surface area contributed by atoms with Gasteiger partial charge >= 0.3 is 0 Å². The predicted molar refractivity (Wildman–Crippen MR) is 74.6 cm³/mol. The number of nitrogens with zero attached hydrogens (tertiary/aromatic N) is 2. The van der Waals surface area contributed by atoms with Crippen molar-refractivity contribution in [2.24, 2.45) is 0 Å². The van der Waals surface area contributed by atoms with E-state index in [-0.39, 0.29) is 5.91 Å². The normalized spacial score (nSPS) is 10.6. The van der Waals surface area contributed by atoms with E-state index in [1.807, 2.05) is 12.1 Å². The van der Waals surface area contributed by atoms with Crippen LogP contribution in [0.3, 0.4) is 0 Å². The highest BCUT2D eigenvalue weighted by molar-refractivity contribution is 6.31. The molecule has 0 fully saturated rings. The van der Waals surface area contributed by atoms with Gasteiger partial charge in [0.1, 0.15) is 0 Å². The van der Waals surface area contributed by atoms with Gasteiger partial charge in [-0.15, -0.1) is 0 Å². The highest BCUT2D eigenvalue weighted by Crippen LogP contribution is 2.15. The molecule has 0 aliphatic heterocycles. The Bertz CT molecular complexity index is 751. The molecule has 1 amide bonds. The second kappa shape index (κ2) is 4.74. The minimum atomic E-state index is -0.189. The van der Waals surface area contributed by atoms with Crippen LogP contribution in [-0.2, 0) is 0 Å². The predicted octanol–water partition coefficient (Wildman–Crippen LogP) is 3.24.